The van der Waals surface area contributed by atoms with Crippen molar-refractivity contribution in [2.45, 2.75) is 6.40 Å². The molecule has 30 valence electrons. The molecule has 5 heavy (non-hydrogen) atoms. The lowest BCUT2D eigenvalue weighted by Crippen LogP contribution is -1.51. The fraction of sp³-hybridized carbons (Fsp3) is 0.500. The number of hydrogen-bond donors (Lipinski definition) is 0. The minimum Gasteiger partial charge on any atom is -0.121 e. The van der Waals surface area contributed by atoms with Gasteiger partial charge in [0.25, 0.3) is 0 Å². The highest BCUT2D eigenvalue weighted by Gasteiger charge is 1.68. The molecule has 1 heteroatoms. The number of hydrogen-bond acceptors (Lipinski definition) is 0. The Kier molecular flexibility index (Phi) is 2.28. The zero-order chi connectivity index (χ0) is 5.70. The SMILES string of the molecule is [2H][CH]C([2H])[CH]PC. The standard InChI is InChI=1S/C4H9P/c1-3-4-5-2/h4-5H,1,3H2,2H3/i1D,3D. The van der Waals surface area contributed by atoms with Gasteiger partial charge < -0.3 is 0 Å². The summed E-state index contributed by atoms with van der Waals surface area (Å²) >= 11 is 0. The Balaban J connectivity index is 2.83. The van der Waals surface area contributed by atoms with Crippen LogP contribution >= 0.6 is 8.58 Å². The maximum Gasteiger partial charge on any atom is 0.0273 e. The van der Waals surface area contributed by atoms with Crippen molar-refractivity contribution in [3.05, 3.63) is 13.1 Å². The molecule has 0 heterocycles. The Labute approximate surface area is 38.6 Å². The van der Waals surface area contributed by atoms with E-state index < -0.39 is 0 Å². The predicted octanol–water partition coefficient (Wildman–Crippen LogP) is 1.68. The van der Waals surface area contributed by atoms with Crippen molar-refractivity contribution < 1.29 is 2.74 Å². The van der Waals surface area contributed by atoms with Crippen LogP contribution in [0.15, 0.2) is 0 Å². The van der Waals surface area contributed by atoms with E-state index >= 15 is 0 Å². The van der Waals surface area contributed by atoms with Gasteiger partial charge in [0, 0.05) is 2.74 Å². The van der Waals surface area contributed by atoms with E-state index in [9.17, 15) is 0 Å². The second-order valence-electron chi connectivity index (χ2n) is 0.648. The van der Waals surface area contributed by atoms with Gasteiger partial charge in [-0.3, -0.25) is 0 Å². The van der Waals surface area contributed by atoms with Crippen LogP contribution in [-0.2, 0) is 0 Å². The average molecular weight is 90.1 g/mol. The van der Waals surface area contributed by atoms with Crippen LogP contribution in [0.3, 0.4) is 0 Å². The zero-order valence-electron chi connectivity index (χ0n) is 5.23. The second kappa shape index (κ2) is 4.43. The van der Waals surface area contributed by atoms with E-state index in [0.717, 1.165) is 6.90 Å². The smallest absolute Gasteiger partial charge is 0.0273 e. The first kappa shape index (κ1) is 2.58. The van der Waals surface area contributed by atoms with Crippen LogP contribution in [0, 0.1) is 13.1 Å². The molecule has 2 atom stereocenters. The van der Waals surface area contributed by atoms with Gasteiger partial charge in [-0.15, -0.1) is 8.58 Å². The summed E-state index contributed by atoms with van der Waals surface area (Å²) in [4.78, 5) is 0. The summed E-state index contributed by atoms with van der Waals surface area (Å²) in [7, 11) is 0.681. The monoisotopic (exact) mass is 90.1 g/mol. The van der Waals surface area contributed by atoms with Gasteiger partial charge in [-0.1, -0.05) is 6.90 Å². The molecule has 2 unspecified atom stereocenters. The summed E-state index contributed by atoms with van der Waals surface area (Å²) in [6.45, 7) is 3.11. The Bertz CT molecular complexity index is 40.7. The normalized spacial score (nSPS) is 22.6. The first-order valence-corrected chi connectivity index (χ1v) is 3.03. The lowest BCUT2D eigenvalue weighted by molar-refractivity contribution is 1.37. The van der Waals surface area contributed by atoms with Gasteiger partial charge in [0.05, 0.1) is 0 Å². The molecule has 0 aromatic rings. The molecule has 0 fully saturated rings. The van der Waals surface area contributed by atoms with Crippen molar-refractivity contribution in [3.63, 3.8) is 0 Å². The Morgan fingerprint density at radius 2 is 3.40 bits per heavy atom. The van der Waals surface area contributed by atoms with E-state index in [1.54, 1.807) is 6.16 Å². The molecule has 0 bridgehead atoms. The largest absolute Gasteiger partial charge is 0.121 e. The van der Waals surface area contributed by atoms with Crippen molar-refractivity contribution in [2.24, 2.45) is 0 Å². The van der Waals surface area contributed by atoms with Crippen LogP contribution in [0.5, 0.6) is 0 Å². The molecule has 0 rings (SSSR count). The Hall–Kier alpha value is 0.430. The van der Waals surface area contributed by atoms with E-state index in [1.807, 2.05) is 6.66 Å². The summed E-state index contributed by atoms with van der Waals surface area (Å²) in [5.41, 5.74) is 0. The van der Waals surface area contributed by atoms with Gasteiger partial charge in [-0.2, -0.15) is 0 Å². The van der Waals surface area contributed by atoms with Crippen LogP contribution in [0.2, 0.25) is 0 Å². The van der Waals surface area contributed by atoms with Crippen molar-refractivity contribution in [2.75, 3.05) is 6.66 Å². The molecule has 0 amide bonds. The van der Waals surface area contributed by atoms with Gasteiger partial charge in [0.1, 0.15) is 0 Å². The molecule has 0 aliphatic carbocycles. The summed E-state index contributed by atoms with van der Waals surface area (Å²) in [5.74, 6) is 0. The molecule has 0 N–H and O–H groups in total. The van der Waals surface area contributed by atoms with Gasteiger partial charge in [0.2, 0.25) is 0 Å². The Morgan fingerprint density at radius 1 is 2.60 bits per heavy atom. The molecule has 0 spiro atoms. The van der Waals surface area contributed by atoms with Crippen molar-refractivity contribution in [3.8, 4) is 0 Å². The third kappa shape index (κ3) is 4.43. The third-order valence-electron chi connectivity index (χ3n) is 0.263. The lowest BCUT2D eigenvalue weighted by Gasteiger charge is -1.79. The highest BCUT2D eigenvalue weighted by atomic mass is 31.1. The van der Waals surface area contributed by atoms with Crippen LogP contribution in [0.1, 0.15) is 9.14 Å². The summed E-state index contributed by atoms with van der Waals surface area (Å²) in [6, 6.07) is 0. The zero-order valence-corrected chi connectivity index (χ0v) is 4.23. The van der Waals surface area contributed by atoms with Crippen molar-refractivity contribution in [1.29, 1.82) is 0 Å². The Morgan fingerprint density at radius 3 is 3.60 bits per heavy atom. The van der Waals surface area contributed by atoms with E-state index in [2.05, 4.69) is 0 Å². The van der Waals surface area contributed by atoms with E-state index in [0.29, 0.717) is 8.58 Å². The van der Waals surface area contributed by atoms with Gasteiger partial charge in [-0.05, 0) is 19.2 Å². The minimum atomic E-state index is -0.372. The first-order valence-electron chi connectivity index (χ1n) is 2.61. The van der Waals surface area contributed by atoms with Crippen molar-refractivity contribution >= 4 is 8.58 Å². The van der Waals surface area contributed by atoms with Crippen molar-refractivity contribution in [1.82, 2.24) is 0 Å². The highest BCUT2D eigenvalue weighted by molar-refractivity contribution is 7.39. The molecule has 0 aromatic carbocycles. The molecule has 0 aromatic heterocycles. The quantitative estimate of drug-likeness (QED) is 0.462. The van der Waals surface area contributed by atoms with E-state index in [-0.39, 0.29) is 6.40 Å². The maximum absolute atomic E-state index is 6.93. The van der Waals surface area contributed by atoms with E-state index in [4.69, 9.17) is 2.74 Å². The van der Waals surface area contributed by atoms with Gasteiger partial charge in [-0.25, -0.2) is 0 Å². The molecule has 0 aliphatic rings. The van der Waals surface area contributed by atoms with E-state index in [1.165, 1.54) is 0 Å². The molecule has 0 saturated heterocycles. The second-order valence-corrected chi connectivity index (χ2v) is 1.56. The summed E-state index contributed by atoms with van der Waals surface area (Å²) in [5, 5.41) is 0. The van der Waals surface area contributed by atoms with Gasteiger partial charge in [0.15, 0.2) is 0 Å². The lowest BCUT2D eigenvalue weighted by atomic mass is 10.6. The summed E-state index contributed by atoms with van der Waals surface area (Å²) in [6.07, 6.45) is 1.43. The summed E-state index contributed by atoms with van der Waals surface area (Å²) < 4.78 is 13.5. The topological polar surface area (TPSA) is 0 Å². The molecular weight excluding hydrogens is 79.0 g/mol. The predicted molar refractivity (Wildman–Crippen MR) is 28.5 cm³/mol. The first-order chi connectivity index (χ1) is 3.31. The molecule has 0 saturated carbocycles. The minimum absolute atomic E-state index is 0.372. The maximum atomic E-state index is 6.93. The molecular formula is C4H9P. The molecule has 0 aliphatic heterocycles. The fourth-order valence-corrected chi connectivity index (χ4v) is 0.289. The average Bonchev–Trinajstić information content (AvgIpc) is 1.68. The van der Waals surface area contributed by atoms with Crippen LogP contribution < -0.4 is 0 Å². The molecule has 2 radical (unpaired) electrons. The third-order valence-corrected chi connectivity index (χ3v) is 0.789. The number of rotatable bonds is 3. The molecule has 0 nitrogen and oxygen atoms in total. The van der Waals surface area contributed by atoms with Crippen LogP contribution in [0.4, 0.5) is 0 Å². The van der Waals surface area contributed by atoms with Crippen LogP contribution in [-0.4, -0.2) is 6.66 Å². The highest BCUT2D eigenvalue weighted by Crippen LogP contribution is 2.08. The van der Waals surface area contributed by atoms with Crippen LogP contribution in [0.25, 0.3) is 0 Å². The van der Waals surface area contributed by atoms with Gasteiger partial charge >= 0.3 is 0 Å². The fourth-order valence-electron chi connectivity index (χ4n) is 0.0962.